The number of halogens is 2. The van der Waals surface area contributed by atoms with Crippen molar-refractivity contribution in [1.29, 1.82) is 0 Å². The molecule has 3 N–H and O–H groups in total. The highest BCUT2D eigenvalue weighted by atomic mass is 79.9. The molecule has 4 nitrogen and oxygen atoms in total. The second-order valence-electron chi connectivity index (χ2n) is 3.90. The maximum atomic E-state index is 12.2. The molecule has 0 radical (unpaired) electrons. The first-order valence-corrected chi connectivity index (χ1v) is 10.1. The molecule has 0 unspecified atom stereocenters. The minimum Gasteiger partial charge on any atom is -0.398 e. The van der Waals surface area contributed by atoms with Gasteiger partial charge in [0.25, 0.3) is 0 Å². The quantitative estimate of drug-likeness (QED) is 0.513. The van der Waals surface area contributed by atoms with Gasteiger partial charge in [-0.2, -0.15) is 11.8 Å². The normalized spacial score (nSPS) is 11.7. The van der Waals surface area contributed by atoms with Crippen LogP contribution in [0.25, 0.3) is 0 Å². The fourth-order valence-electron chi connectivity index (χ4n) is 1.51. The van der Waals surface area contributed by atoms with E-state index in [0.717, 1.165) is 23.1 Å². The average molecular weight is 432 g/mol. The number of unbranched alkanes of at least 4 members (excludes halogenated alkanes) is 1. The number of rotatable bonds is 7. The summed E-state index contributed by atoms with van der Waals surface area (Å²) in [7, 11) is -3.58. The first-order valence-electron chi connectivity index (χ1n) is 5.61. The molecule has 0 aromatic heterocycles. The summed E-state index contributed by atoms with van der Waals surface area (Å²) in [6.45, 7) is 0.421. The lowest BCUT2D eigenvalue weighted by Gasteiger charge is -2.11. The molecule has 0 atom stereocenters. The summed E-state index contributed by atoms with van der Waals surface area (Å²) in [5.41, 5.74) is 6.00. The molecule has 0 fully saturated rings. The lowest BCUT2D eigenvalue weighted by molar-refractivity contribution is 0.578. The van der Waals surface area contributed by atoms with E-state index in [1.807, 2.05) is 6.26 Å². The van der Waals surface area contributed by atoms with Crippen molar-refractivity contribution in [3.8, 4) is 0 Å². The van der Waals surface area contributed by atoms with Crippen LogP contribution in [-0.4, -0.2) is 27.0 Å². The van der Waals surface area contributed by atoms with E-state index in [-0.39, 0.29) is 10.6 Å². The molecule has 0 saturated carbocycles. The van der Waals surface area contributed by atoms with E-state index in [2.05, 4.69) is 36.6 Å². The molecule has 1 aromatic rings. The van der Waals surface area contributed by atoms with Crippen LogP contribution >= 0.6 is 43.6 Å². The van der Waals surface area contributed by atoms with Crippen LogP contribution in [0.4, 0.5) is 5.69 Å². The first-order chi connectivity index (χ1) is 8.88. The van der Waals surface area contributed by atoms with Gasteiger partial charge in [0.15, 0.2) is 0 Å². The number of hydrogen-bond donors (Lipinski definition) is 2. The molecule has 108 valence electrons. The lowest BCUT2D eigenvalue weighted by Crippen LogP contribution is -2.26. The van der Waals surface area contributed by atoms with Crippen LogP contribution in [-0.2, 0) is 10.0 Å². The number of anilines is 1. The molecule has 1 aromatic carbocycles. The predicted molar refractivity (Wildman–Crippen MR) is 89.1 cm³/mol. The Hall–Kier alpha value is 0.240. The van der Waals surface area contributed by atoms with Gasteiger partial charge < -0.3 is 5.73 Å². The summed E-state index contributed by atoms with van der Waals surface area (Å²) in [4.78, 5) is 0.0977. The van der Waals surface area contributed by atoms with Gasteiger partial charge in [0, 0.05) is 15.5 Å². The topological polar surface area (TPSA) is 72.2 Å². The Bertz CT molecular complexity index is 512. The molecular formula is C11H16Br2N2O2S2. The highest BCUT2D eigenvalue weighted by molar-refractivity contribution is 9.11. The van der Waals surface area contributed by atoms with Crippen LogP contribution in [0.1, 0.15) is 12.8 Å². The zero-order valence-electron chi connectivity index (χ0n) is 10.4. The number of sulfonamides is 1. The maximum Gasteiger partial charge on any atom is 0.243 e. The van der Waals surface area contributed by atoms with Gasteiger partial charge in [-0.05, 0) is 52.9 Å². The van der Waals surface area contributed by atoms with Crippen LogP contribution in [0.3, 0.4) is 0 Å². The third-order valence-electron chi connectivity index (χ3n) is 2.37. The molecule has 0 aliphatic carbocycles. The number of thioether (sulfide) groups is 1. The van der Waals surface area contributed by atoms with Crippen molar-refractivity contribution in [2.75, 3.05) is 24.3 Å². The summed E-state index contributed by atoms with van der Waals surface area (Å²) in [6, 6.07) is 3.24. The molecule has 8 heteroatoms. The molecule has 0 bridgehead atoms. The Morgan fingerprint density at radius 2 is 2.00 bits per heavy atom. The van der Waals surface area contributed by atoms with Crippen molar-refractivity contribution < 1.29 is 8.42 Å². The Balaban J connectivity index is 2.78. The molecule has 1 rings (SSSR count). The molecule has 0 aliphatic heterocycles. The number of nitrogens with one attached hydrogen (secondary N) is 1. The fourth-order valence-corrected chi connectivity index (χ4v) is 5.15. The summed E-state index contributed by atoms with van der Waals surface area (Å²) in [5.74, 6) is 1.03. The summed E-state index contributed by atoms with van der Waals surface area (Å²) >= 11 is 8.26. The average Bonchev–Trinajstić information content (AvgIpc) is 2.26. The van der Waals surface area contributed by atoms with Crippen molar-refractivity contribution in [3.63, 3.8) is 0 Å². The van der Waals surface area contributed by atoms with Gasteiger partial charge in [-0.1, -0.05) is 15.9 Å². The Labute approximate surface area is 135 Å². The zero-order valence-corrected chi connectivity index (χ0v) is 15.3. The molecular weight excluding hydrogens is 416 g/mol. The van der Waals surface area contributed by atoms with E-state index in [9.17, 15) is 8.42 Å². The second-order valence-corrected chi connectivity index (χ2v) is 8.36. The van der Waals surface area contributed by atoms with Gasteiger partial charge in [0.2, 0.25) is 10.0 Å². The van der Waals surface area contributed by atoms with E-state index < -0.39 is 10.0 Å². The largest absolute Gasteiger partial charge is 0.398 e. The molecule has 0 amide bonds. The van der Waals surface area contributed by atoms with Crippen LogP contribution in [0.5, 0.6) is 0 Å². The van der Waals surface area contributed by atoms with E-state index in [0.29, 0.717) is 11.0 Å². The lowest BCUT2D eigenvalue weighted by atomic mass is 10.3. The van der Waals surface area contributed by atoms with Gasteiger partial charge in [0.05, 0.1) is 5.69 Å². The summed E-state index contributed by atoms with van der Waals surface area (Å²) < 4.78 is 28.1. The van der Waals surface area contributed by atoms with E-state index >= 15 is 0 Å². The van der Waals surface area contributed by atoms with Gasteiger partial charge in [-0.25, -0.2) is 13.1 Å². The molecule has 0 saturated heterocycles. The summed E-state index contributed by atoms with van der Waals surface area (Å²) in [6.07, 6.45) is 3.83. The zero-order chi connectivity index (χ0) is 14.5. The van der Waals surface area contributed by atoms with Crippen LogP contribution in [0.2, 0.25) is 0 Å². The highest BCUT2D eigenvalue weighted by Crippen LogP contribution is 2.31. The Kier molecular flexibility index (Phi) is 7.17. The standard InChI is InChI=1S/C11H16Br2N2O2S2/c1-18-5-3-2-4-15-19(16,17)11-9(13)6-8(12)7-10(11)14/h6-7,15H,2-5,14H2,1H3. The predicted octanol–water partition coefficient (Wildman–Crippen LogP) is 3.22. The van der Waals surface area contributed by atoms with Crippen molar-refractivity contribution in [3.05, 3.63) is 21.1 Å². The van der Waals surface area contributed by atoms with Gasteiger partial charge >= 0.3 is 0 Å². The van der Waals surface area contributed by atoms with Crippen molar-refractivity contribution >= 4 is 59.3 Å². The van der Waals surface area contributed by atoms with E-state index in [4.69, 9.17) is 5.73 Å². The van der Waals surface area contributed by atoms with E-state index in [1.54, 1.807) is 23.9 Å². The minimum atomic E-state index is -3.58. The molecule has 19 heavy (non-hydrogen) atoms. The molecule has 0 heterocycles. The highest BCUT2D eigenvalue weighted by Gasteiger charge is 2.20. The fraction of sp³-hybridized carbons (Fsp3) is 0.455. The second kappa shape index (κ2) is 7.87. The van der Waals surface area contributed by atoms with E-state index in [1.165, 1.54) is 0 Å². The van der Waals surface area contributed by atoms with Crippen molar-refractivity contribution in [2.45, 2.75) is 17.7 Å². The van der Waals surface area contributed by atoms with Gasteiger partial charge in [-0.15, -0.1) is 0 Å². The number of nitrogen functional groups attached to an aromatic ring is 1. The van der Waals surface area contributed by atoms with Gasteiger partial charge in [0.1, 0.15) is 4.90 Å². The van der Waals surface area contributed by atoms with Gasteiger partial charge in [-0.3, -0.25) is 0 Å². The monoisotopic (exact) mass is 430 g/mol. The summed E-state index contributed by atoms with van der Waals surface area (Å²) in [5, 5.41) is 0. The number of nitrogens with two attached hydrogens (primary N) is 1. The molecule has 0 aliphatic rings. The van der Waals surface area contributed by atoms with Crippen LogP contribution in [0.15, 0.2) is 26.0 Å². The smallest absolute Gasteiger partial charge is 0.243 e. The SMILES string of the molecule is CSCCCCNS(=O)(=O)c1c(N)cc(Br)cc1Br. The van der Waals surface area contributed by atoms with Crippen molar-refractivity contribution in [2.24, 2.45) is 0 Å². The van der Waals surface area contributed by atoms with Crippen LogP contribution in [0, 0.1) is 0 Å². The maximum absolute atomic E-state index is 12.2. The molecule has 0 spiro atoms. The third-order valence-corrected chi connectivity index (χ3v) is 5.99. The Morgan fingerprint density at radius 3 is 2.58 bits per heavy atom. The van der Waals surface area contributed by atoms with Crippen molar-refractivity contribution in [1.82, 2.24) is 4.72 Å². The Morgan fingerprint density at radius 1 is 1.32 bits per heavy atom. The van der Waals surface area contributed by atoms with Crippen LogP contribution < -0.4 is 10.5 Å². The number of hydrogen-bond acceptors (Lipinski definition) is 4. The first kappa shape index (κ1) is 17.3. The third kappa shape index (κ3) is 5.26. The minimum absolute atomic E-state index is 0.0977. The number of benzene rings is 1.